The molecule has 0 fully saturated rings. The first-order valence-corrected chi connectivity index (χ1v) is 11.2. The first kappa shape index (κ1) is 24.3. The smallest absolute Gasteiger partial charge is 0.329 e. The number of aromatic nitrogens is 4. The summed E-state index contributed by atoms with van der Waals surface area (Å²) in [6, 6.07) is 21.5. The first-order valence-electron chi connectivity index (χ1n) is 10.8. The number of aryl methyl sites for hydroxylation is 1. The molecule has 1 unspecified atom stereocenters. The predicted octanol–water partition coefficient (Wildman–Crippen LogP) is 4.71. The van der Waals surface area contributed by atoms with E-state index in [1.54, 1.807) is 40.8 Å². The molecule has 35 heavy (non-hydrogen) atoms. The summed E-state index contributed by atoms with van der Waals surface area (Å²) in [5.74, 6) is -0.285. The molecular weight excluding hydrogens is 485 g/mol. The lowest BCUT2D eigenvalue weighted by Gasteiger charge is -2.19. The molecule has 0 spiro atoms. The topological polar surface area (TPSA) is 84.7 Å². The van der Waals surface area contributed by atoms with Gasteiger partial charge in [-0.15, -0.1) is 12.4 Å². The molecule has 0 aliphatic heterocycles. The van der Waals surface area contributed by atoms with Crippen molar-refractivity contribution in [3.8, 4) is 11.3 Å². The SMILES string of the molecule is Cl.Cn1c(=O)n(C(C(=O)NCc2cccc(Cl)c2)c2ccc(-c3cnc[nH]3)cc2)c2ccccc21. The number of hydrogen-bond donors (Lipinski definition) is 2. The molecule has 0 aliphatic carbocycles. The molecule has 1 amide bonds. The van der Waals surface area contributed by atoms with Crippen molar-refractivity contribution < 1.29 is 4.79 Å². The highest BCUT2D eigenvalue weighted by molar-refractivity contribution is 6.30. The third kappa shape index (κ3) is 4.73. The lowest BCUT2D eigenvalue weighted by molar-refractivity contribution is -0.123. The molecule has 7 nitrogen and oxygen atoms in total. The van der Waals surface area contributed by atoms with Gasteiger partial charge in [0.2, 0.25) is 5.91 Å². The van der Waals surface area contributed by atoms with Crippen LogP contribution in [0.5, 0.6) is 0 Å². The third-order valence-electron chi connectivity index (χ3n) is 5.89. The number of nitrogens with one attached hydrogen (secondary N) is 2. The van der Waals surface area contributed by atoms with Gasteiger partial charge in [0.05, 0.1) is 29.3 Å². The Balaban J connectivity index is 0.00000289. The van der Waals surface area contributed by atoms with E-state index < -0.39 is 6.04 Å². The summed E-state index contributed by atoms with van der Waals surface area (Å²) in [6.45, 7) is 0.293. The number of carbonyl (C=O) groups is 1. The minimum absolute atomic E-state index is 0. The number of carbonyl (C=O) groups excluding carboxylic acids is 1. The minimum atomic E-state index is -0.853. The molecule has 0 saturated heterocycles. The van der Waals surface area contributed by atoms with Gasteiger partial charge in [0.15, 0.2) is 0 Å². The van der Waals surface area contributed by atoms with Gasteiger partial charge in [-0.05, 0) is 41.0 Å². The van der Waals surface area contributed by atoms with Crippen LogP contribution in [0.2, 0.25) is 5.02 Å². The number of para-hydroxylation sites is 2. The van der Waals surface area contributed by atoms with E-state index in [1.807, 2.05) is 60.7 Å². The van der Waals surface area contributed by atoms with Crippen LogP contribution < -0.4 is 11.0 Å². The van der Waals surface area contributed by atoms with E-state index in [9.17, 15) is 9.59 Å². The molecule has 5 aromatic rings. The number of amides is 1. The van der Waals surface area contributed by atoms with Crippen LogP contribution in [0.1, 0.15) is 17.2 Å². The fourth-order valence-corrected chi connectivity index (χ4v) is 4.39. The number of H-pyrrole nitrogens is 1. The summed E-state index contributed by atoms with van der Waals surface area (Å²) in [4.78, 5) is 34.0. The van der Waals surface area contributed by atoms with Gasteiger partial charge in [0, 0.05) is 18.6 Å². The van der Waals surface area contributed by atoms with E-state index in [4.69, 9.17) is 11.6 Å². The van der Waals surface area contributed by atoms with Crippen LogP contribution in [0.4, 0.5) is 0 Å². The minimum Gasteiger partial charge on any atom is -0.350 e. The van der Waals surface area contributed by atoms with Crippen LogP contribution >= 0.6 is 24.0 Å². The number of aromatic amines is 1. The molecule has 5 rings (SSSR count). The van der Waals surface area contributed by atoms with Crippen LogP contribution in [-0.2, 0) is 18.4 Å². The Kier molecular flexibility index (Phi) is 7.10. The van der Waals surface area contributed by atoms with E-state index in [-0.39, 0.29) is 24.0 Å². The van der Waals surface area contributed by atoms with Gasteiger partial charge >= 0.3 is 5.69 Å². The number of benzene rings is 3. The Morgan fingerprint density at radius 1 is 1.06 bits per heavy atom. The molecule has 2 heterocycles. The molecule has 0 saturated carbocycles. The van der Waals surface area contributed by atoms with E-state index >= 15 is 0 Å². The normalized spacial score (nSPS) is 11.7. The fraction of sp³-hybridized carbons (Fsp3) is 0.115. The second kappa shape index (κ2) is 10.2. The first-order chi connectivity index (χ1) is 16.5. The van der Waals surface area contributed by atoms with Crippen molar-refractivity contribution in [2.45, 2.75) is 12.6 Å². The van der Waals surface area contributed by atoms with Gasteiger partial charge in [-0.3, -0.25) is 13.9 Å². The number of halogens is 2. The molecule has 178 valence electrons. The van der Waals surface area contributed by atoms with E-state index in [0.29, 0.717) is 22.6 Å². The molecule has 3 aromatic carbocycles. The summed E-state index contributed by atoms with van der Waals surface area (Å²) < 4.78 is 3.11. The Bertz CT molecular complexity index is 1520. The van der Waals surface area contributed by atoms with Crippen molar-refractivity contribution in [1.82, 2.24) is 24.4 Å². The Morgan fingerprint density at radius 3 is 2.49 bits per heavy atom. The third-order valence-corrected chi connectivity index (χ3v) is 6.13. The van der Waals surface area contributed by atoms with Crippen LogP contribution in [0.25, 0.3) is 22.3 Å². The number of nitrogens with zero attached hydrogens (tertiary/aromatic N) is 3. The van der Waals surface area contributed by atoms with Gasteiger partial charge in [0.25, 0.3) is 0 Å². The fourth-order valence-electron chi connectivity index (χ4n) is 4.18. The lowest BCUT2D eigenvalue weighted by Crippen LogP contribution is -2.37. The zero-order valence-corrected chi connectivity index (χ0v) is 20.4. The van der Waals surface area contributed by atoms with Crippen LogP contribution in [0.3, 0.4) is 0 Å². The van der Waals surface area contributed by atoms with E-state index in [1.165, 1.54) is 0 Å². The highest BCUT2D eigenvalue weighted by Gasteiger charge is 2.27. The van der Waals surface area contributed by atoms with Crippen LogP contribution in [0, 0.1) is 0 Å². The standard InChI is InChI=1S/C26H22ClN5O2.ClH/c1-31-22-7-2-3-8-23(22)32(26(31)34)24(25(33)29-14-17-5-4-6-20(27)13-17)19-11-9-18(10-12-19)21-15-28-16-30-21;/h2-13,15-16,24H,14H2,1H3,(H,28,30)(H,29,33);1H. The Labute approximate surface area is 212 Å². The zero-order chi connectivity index (χ0) is 23.7. The van der Waals surface area contributed by atoms with Crippen molar-refractivity contribution in [3.63, 3.8) is 0 Å². The molecule has 0 radical (unpaired) electrons. The lowest BCUT2D eigenvalue weighted by atomic mass is 10.0. The molecule has 0 aliphatic rings. The Hall–Kier alpha value is -3.81. The second-order valence-corrected chi connectivity index (χ2v) is 8.47. The predicted molar refractivity (Wildman–Crippen MR) is 140 cm³/mol. The van der Waals surface area contributed by atoms with Crippen molar-refractivity contribution in [2.24, 2.45) is 7.05 Å². The number of hydrogen-bond acceptors (Lipinski definition) is 3. The molecule has 2 aromatic heterocycles. The van der Waals surface area contributed by atoms with Crippen molar-refractivity contribution in [2.75, 3.05) is 0 Å². The zero-order valence-electron chi connectivity index (χ0n) is 18.8. The Morgan fingerprint density at radius 2 is 1.80 bits per heavy atom. The highest BCUT2D eigenvalue weighted by atomic mass is 35.5. The molecular formula is C26H23Cl2N5O2. The van der Waals surface area contributed by atoms with Gasteiger partial charge in [-0.1, -0.05) is 60.1 Å². The molecule has 2 N–H and O–H groups in total. The number of fused-ring (bicyclic) bond motifs is 1. The van der Waals surface area contributed by atoms with Crippen LogP contribution in [0.15, 0.2) is 90.1 Å². The van der Waals surface area contributed by atoms with E-state index in [2.05, 4.69) is 15.3 Å². The van der Waals surface area contributed by atoms with Crippen LogP contribution in [-0.4, -0.2) is 25.0 Å². The average molecular weight is 508 g/mol. The van der Waals surface area contributed by atoms with Crippen molar-refractivity contribution in [3.05, 3.63) is 112 Å². The maximum atomic E-state index is 13.6. The summed E-state index contributed by atoms with van der Waals surface area (Å²) in [6.07, 6.45) is 3.35. The summed E-state index contributed by atoms with van der Waals surface area (Å²) >= 11 is 6.09. The summed E-state index contributed by atoms with van der Waals surface area (Å²) in [5.41, 5.74) is 4.57. The maximum Gasteiger partial charge on any atom is 0.329 e. The van der Waals surface area contributed by atoms with Crippen molar-refractivity contribution >= 4 is 40.9 Å². The van der Waals surface area contributed by atoms with Gasteiger partial charge in [-0.2, -0.15) is 0 Å². The average Bonchev–Trinajstić information content (AvgIpc) is 3.48. The summed E-state index contributed by atoms with van der Waals surface area (Å²) in [5, 5.41) is 3.58. The quantitative estimate of drug-likeness (QED) is 0.349. The van der Waals surface area contributed by atoms with Gasteiger partial charge < -0.3 is 10.3 Å². The number of rotatable bonds is 6. The monoisotopic (exact) mass is 507 g/mol. The maximum absolute atomic E-state index is 13.6. The molecule has 0 bridgehead atoms. The van der Waals surface area contributed by atoms with Gasteiger partial charge in [0.1, 0.15) is 6.04 Å². The van der Waals surface area contributed by atoms with Gasteiger partial charge in [-0.25, -0.2) is 9.78 Å². The molecule has 9 heteroatoms. The largest absolute Gasteiger partial charge is 0.350 e. The summed E-state index contributed by atoms with van der Waals surface area (Å²) in [7, 11) is 1.71. The molecule has 1 atom stereocenters. The van der Waals surface area contributed by atoms with Crippen molar-refractivity contribution in [1.29, 1.82) is 0 Å². The van der Waals surface area contributed by atoms with E-state index in [0.717, 1.165) is 22.3 Å². The highest BCUT2D eigenvalue weighted by Crippen LogP contribution is 2.26. The second-order valence-electron chi connectivity index (χ2n) is 8.04. The number of imidazole rings is 2.